The minimum absolute atomic E-state index is 0.0182. The van der Waals surface area contributed by atoms with Crippen LogP contribution in [0.4, 0.5) is 11.5 Å². The molecule has 0 aliphatic heterocycles. The number of aromatic amines is 1. The molecule has 0 bridgehead atoms. The number of hydrogen-bond acceptors (Lipinski definition) is 4. The number of anilines is 2. The minimum atomic E-state index is -0.545. The van der Waals surface area contributed by atoms with Gasteiger partial charge in [0.25, 0.3) is 5.56 Å². The quantitative estimate of drug-likeness (QED) is 0.697. The first kappa shape index (κ1) is 18.0. The van der Waals surface area contributed by atoms with E-state index in [0.29, 0.717) is 6.54 Å². The molecule has 8 heteroatoms. The van der Waals surface area contributed by atoms with Crippen LogP contribution in [0.3, 0.4) is 0 Å². The smallest absolute Gasteiger partial charge is 0.329 e. The highest BCUT2D eigenvalue weighted by atomic mass is 79.9. The molecule has 2 rings (SSSR count). The van der Waals surface area contributed by atoms with Crippen LogP contribution >= 0.6 is 15.9 Å². The highest BCUT2D eigenvalue weighted by molar-refractivity contribution is 9.10. The Morgan fingerprint density at radius 3 is 2.54 bits per heavy atom. The Kier molecular flexibility index (Phi) is 5.97. The Balaban J connectivity index is 2.09. The number of benzene rings is 1. The summed E-state index contributed by atoms with van der Waals surface area (Å²) in [7, 11) is 0. The molecule has 0 saturated heterocycles. The van der Waals surface area contributed by atoms with Crippen molar-refractivity contribution in [3.8, 4) is 0 Å². The fraction of sp³-hybridized carbons (Fsp3) is 0.312. The van der Waals surface area contributed by atoms with E-state index in [0.717, 1.165) is 10.2 Å². The van der Waals surface area contributed by atoms with Crippen molar-refractivity contribution < 1.29 is 4.79 Å². The summed E-state index contributed by atoms with van der Waals surface area (Å²) in [4.78, 5) is 37.7. The van der Waals surface area contributed by atoms with Crippen LogP contribution in [-0.2, 0) is 11.3 Å². The highest BCUT2D eigenvalue weighted by Gasteiger charge is 2.11. The molecule has 128 valence electrons. The largest absolute Gasteiger partial charge is 0.376 e. The van der Waals surface area contributed by atoms with Crippen LogP contribution in [0.1, 0.15) is 13.8 Å². The summed E-state index contributed by atoms with van der Waals surface area (Å²) >= 11 is 3.34. The molecule has 0 unspecified atom stereocenters. The van der Waals surface area contributed by atoms with Crippen LogP contribution < -0.4 is 21.9 Å². The Hall–Kier alpha value is -2.35. The molecule has 3 N–H and O–H groups in total. The van der Waals surface area contributed by atoms with Gasteiger partial charge in [-0.05, 0) is 30.2 Å². The molecule has 0 atom stereocenters. The molecule has 0 aliphatic rings. The van der Waals surface area contributed by atoms with Crippen molar-refractivity contribution in [3.05, 3.63) is 55.6 Å². The van der Waals surface area contributed by atoms with Gasteiger partial charge in [-0.1, -0.05) is 29.8 Å². The minimum Gasteiger partial charge on any atom is -0.376 e. The lowest BCUT2D eigenvalue weighted by atomic mass is 10.2. The van der Waals surface area contributed by atoms with Gasteiger partial charge in [0.1, 0.15) is 5.82 Å². The molecule has 1 aromatic carbocycles. The van der Waals surface area contributed by atoms with Crippen LogP contribution in [0.15, 0.2) is 44.4 Å². The number of amides is 1. The van der Waals surface area contributed by atoms with Crippen molar-refractivity contribution in [2.45, 2.75) is 20.4 Å². The molecule has 7 nitrogen and oxygen atoms in total. The number of rotatable bonds is 6. The van der Waals surface area contributed by atoms with Gasteiger partial charge in [0.2, 0.25) is 5.91 Å². The summed E-state index contributed by atoms with van der Waals surface area (Å²) in [6, 6.07) is 8.59. The lowest BCUT2D eigenvalue weighted by Gasteiger charge is -2.15. The molecule has 1 amide bonds. The second-order valence-electron chi connectivity index (χ2n) is 5.74. The van der Waals surface area contributed by atoms with Crippen LogP contribution in [0.5, 0.6) is 0 Å². The van der Waals surface area contributed by atoms with Gasteiger partial charge in [0, 0.05) is 22.8 Å². The lowest BCUT2D eigenvalue weighted by Crippen LogP contribution is -2.35. The first-order valence-electron chi connectivity index (χ1n) is 7.48. The maximum Gasteiger partial charge on any atom is 0.329 e. The van der Waals surface area contributed by atoms with E-state index >= 15 is 0 Å². The van der Waals surface area contributed by atoms with Crippen molar-refractivity contribution in [1.82, 2.24) is 9.55 Å². The molecular weight excluding hydrogens is 376 g/mol. The van der Waals surface area contributed by atoms with Gasteiger partial charge in [0.15, 0.2) is 0 Å². The highest BCUT2D eigenvalue weighted by Crippen LogP contribution is 2.13. The number of hydrogen-bond donors (Lipinski definition) is 3. The Bertz CT molecular complexity index is 824. The van der Waals surface area contributed by atoms with E-state index in [1.54, 1.807) is 0 Å². The first-order chi connectivity index (χ1) is 11.3. The molecular formula is C16H19BrN4O3. The number of nitrogens with one attached hydrogen (secondary N) is 3. The number of nitrogens with zero attached hydrogens (tertiary/aromatic N) is 1. The second kappa shape index (κ2) is 7.96. The van der Waals surface area contributed by atoms with Crippen LogP contribution in [0.2, 0.25) is 0 Å². The van der Waals surface area contributed by atoms with E-state index in [1.807, 2.05) is 38.1 Å². The molecule has 0 fully saturated rings. The molecule has 0 aliphatic carbocycles. The van der Waals surface area contributed by atoms with Gasteiger partial charge >= 0.3 is 5.69 Å². The molecule has 2 aromatic rings. The summed E-state index contributed by atoms with van der Waals surface area (Å²) in [5.74, 6) is 0.0330. The normalized spacial score (nSPS) is 10.7. The van der Waals surface area contributed by atoms with E-state index in [-0.39, 0.29) is 24.2 Å². The zero-order chi connectivity index (χ0) is 17.7. The SMILES string of the molecule is CC(C)Cn1c(NC(=O)CNc2ccc(Br)cc2)cc(=O)[nH]c1=O. The van der Waals surface area contributed by atoms with Gasteiger partial charge in [-0.3, -0.25) is 19.1 Å². The number of aromatic nitrogens is 2. The Morgan fingerprint density at radius 1 is 1.25 bits per heavy atom. The summed E-state index contributed by atoms with van der Waals surface area (Å²) in [6.45, 7) is 4.30. The molecule has 24 heavy (non-hydrogen) atoms. The summed E-state index contributed by atoms with van der Waals surface area (Å²) < 4.78 is 2.29. The monoisotopic (exact) mass is 394 g/mol. The fourth-order valence-electron chi connectivity index (χ4n) is 2.11. The van der Waals surface area contributed by atoms with Crippen LogP contribution in [-0.4, -0.2) is 22.0 Å². The second-order valence-corrected chi connectivity index (χ2v) is 6.65. The van der Waals surface area contributed by atoms with Crippen molar-refractivity contribution in [1.29, 1.82) is 0 Å². The van der Waals surface area contributed by atoms with Crippen molar-refractivity contribution in [2.75, 3.05) is 17.2 Å². The van der Waals surface area contributed by atoms with Gasteiger partial charge in [-0.2, -0.15) is 0 Å². The Labute approximate surface area is 147 Å². The average Bonchev–Trinajstić information content (AvgIpc) is 2.50. The average molecular weight is 395 g/mol. The van der Waals surface area contributed by atoms with Crippen LogP contribution in [0.25, 0.3) is 0 Å². The van der Waals surface area contributed by atoms with Gasteiger partial charge < -0.3 is 10.6 Å². The zero-order valence-electron chi connectivity index (χ0n) is 13.4. The third-order valence-corrected chi connectivity index (χ3v) is 3.68. The van der Waals surface area contributed by atoms with Gasteiger partial charge in [-0.15, -0.1) is 0 Å². The van der Waals surface area contributed by atoms with Crippen LogP contribution in [0, 0.1) is 5.92 Å². The van der Waals surface area contributed by atoms with E-state index < -0.39 is 11.2 Å². The third-order valence-electron chi connectivity index (χ3n) is 3.15. The maximum atomic E-state index is 12.1. The number of H-pyrrole nitrogens is 1. The van der Waals surface area contributed by atoms with E-state index in [4.69, 9.17) is 0 Å². The summed E-state index contributed by atoms with van der Waals surface area (Å²) in [6.07, 6.45) is 0. The first-order valence-corrected chi connectivity index (χ1v) is 8.28. The predicted octanol–water partition coefficient (Wildman–Crippen LogP) is 2.01. The fourth-order valence-corrected chi connectivity index (χ4v) is 2.37. The standard InChI is InChI=1S/C16H19BrN4O3/c1-10(2)9-21-13(7-14(22)20-16(21)24)19-15(23)8-18-12-5-3-11(17)4-6-12/h3-7,10,18H,8-9H2,1-2H3,(H,19,23)(H,20,22,24). The van der Waals surface area contributed by atoms with Gasteiger partial charge in [-0.25, -0.2) is 4.79 Å². The summed E-state index contributed by atoms with van der Waals surface area (Å²) in [5.41, 5.74) is -0.289. The van der Waals surface area contributed by atoms with Crippen molar-refractivity contribution >= 4 is 33.3 Å². The van der Waals surface area contributed by atoms with Gasteiger partial charge in [0.05, 0.1) is 6.54 Å². The molecule has 0 radical (unpaired) electrons. The number of carbonyl (C=O) groups excluding carboxylic acids is 1. The lowest BCUT2D eigenvalue weighted by molar-refractivity contribution is -0.114. The maximum absolute atomic E-state index is 12.1. The number of halogens is 1. The Morgan fingerprint density at radius 2 is 1.92 bits per heavy atom. The number of carbonyl (C=O) groups is 1. The molecule has 0 spiro atoms. The van der Waals surface area contributed by atoms with E-state index in [1.165, 1.54) is 10.6 Å². The molecule has 1 aromatic heterocycles. The molecule has 1 heterocycles. The van der Waals surface area contributed by atoms with E-state index in [9.17, 15) is 14.4 Å². The third kappa shape index (κ3) is 5.09. The predicted molar refractivity (Wildman–Crippen MR) is 97.4 cm³/mol. The summed E-state index contributed by atoms with van der Waals surface area (Å²) in [5, 5.41) is 5.59. The van der Waals surface area contributed by atoms with Crippen molar-refractivity contribution in [3.63, 3.8) is 0 Å². The van der Waals surface area contributed by atoms with E-state index in [2.05, 4.69) is 31.5 Å². The van der Waals surface area contributed by atoms with Crippen molar-refractivity contribution in [2.24, 2.45) is 5.92 Å². The molecule has 0 saturated carbocycles. The topological polar surface area (TPSA) is 96.0 Å². The zero-order valence-corrected chi connectivity index (χ0v) is 15.0.